The van der Waals surface area contributed by atoms with Gasteiger partial charge in [0.1, 0.15) is 0 Å². The number of carbonyl (C=O) groups excluding carboxylic acids is 1. The smallest absolute Gasteiger partial charge is 0.253 e. The normalized spacial score (nSPS) is 11.3. The largest absolute Gasteiger partial charge is 0.337 e. The third kappa shape index (κ3) is 5.95. The van der Waals surface area contributed by atoms with E-state index in [1.54, 1.807) is 66.5 Å². The molecule has 0 aromatic heterocycles. The molecule has 3 aromatic carbocycles. The third-order valence-electron chi connectivity index (χ3n) is 4.81. The summed E-state index contributed by atoms with van der Waals surface area (Å²) in [6.45, 7) is 0.487. The van der Waals surface area contributed by atoms with Gasteiger partial charge in [-0.3, -0.25) is 9.10 Å². The van der Waals surface area contributed by atoms with Crippen LogP contribution in [0.25, 0.3) is 0 Å². The van der Waals surface area contributed by atoms with Crippen LogP contribution < -0.4 is 4.31 Å². The van der Waals surface area contributed by atoms with E-state index in [1.165, 1.54) is 4.31 Å². The lowest BCUT2D eigenvalue weighted by Crippen LogP contribution is -2.29. The number of sulfonamides is 1. The summed E-state index contributed by atoms with van der Waals surface area (Å²) in [5, 5.41) is 1.07. The molecule has 0 unspecified atom stereocenters. The first kappa shape index (κ1) is 24.4. The van der Waals surface area contributed by atoms with Crippen molar-refractivity contribution in [3.05, 3.63) is 98.5 Å². The number of halogens is 3. The summed E-state index contributed by atoms with van der Waals surface area (Å²) in [7, 11) is -1.91. The van der Waals surface area contributed by atoms with Crippen LogP contribution in [0.3, 0.4) is 0 Å². The molecule has 5 nitrogen and oxygen atoms in total. The molecule has 3 aromatic rings. The Morgan fingerprint density at radius 3 is 2.00 bits per heavy atom. The standard InChI is InChI=1S/C23H21Cl3N2O3S/c1-27(14-16-8-12-19(24)13-9-16)23(29)18-10-6-17(7-11-18)15-28(32(2,30)31)21-5-3-4-20(25)22(21)26/h3-13H,14-15H2,1-2H3. The van der Waals surface area contributed by atoms with Crippen molar-refractivity contribution in [3.8, 4) is 0 Å². The van der Waals surface area contributed by atoms with Crippen molar-refractivity contribution >= 4 is 56.4 Å². The number of carbonyl (C=O) groups is 1. The van der Waals surface area contributed by atoms with Gasteiger partial charge in [-0.2, -0.15) is 0 Å². The molecule has 0 N–H and O–H groups in total. The fraction of sp³-hybridized carbons (Fsp3) is 0.174. The van der Waals surface area contributed by atoms with Gasteiger partial charge in [-0.1, -0.05) is 65.1 Å². The molecule has 0 fully saturated rings. The Labute approximate surface area is 203 Å². The maximum Gasteiger partial charge on any atom is 0.253 e. The van der Waals surface area contributed by atoms with E-state index >= 15 is 0 Å². The number of amides is 1. The predicted octanol–water partition coefficient (Wildman–Crippen LogP) is 5.89. The second-order valence-electron chi connectivity index (χ2n) is 7.33. The highest BCUT2D eigenvalue weighted by molar-refractivity contribution is 7.92. The monoisotopic (exact) mass is 510 g/mol. The lowest BCUT2D eigenvalue weighted by molar-refractivity contribution is 0.0785. The number of hydrogen-bond donors (Lipinski definition) is 0. The van der Waals surface area contributed by atoms with Gasteiger partial charge in [0, 0.05) is 24.2 Å². The molecule has 168 valence electrons. The second kappa shape index (κ2) is 10.1. The zero-order chi connectivity index (χ0) is 23.5. The minimum Gasteiger partial charge on any atom is -0.337 e. The summed E-state index contributed by atoms with van der Waals surface area (Å²) in [6.07, 6.45) is 1.11. The highest BCUT2D eigenvalue weighted by Crippen LogP contribution is 2.34. The van der Waals surface area contributed by atoms with Crippen LogP contribution in [-0.4, -0.2) is 32.5 Å². The predicted molar refractivity (Wildman–Crippen MR) is 131 cm³/mol. The van der Waals surface area contributed by atoms with Crippen LogP contribution >= 0.6 is 34.8 Å². The van der Waals surface area contributed by atoms with Gasteiger partial charge >= 0.3 is 0 Å². The van der Waals surface area contributed by atoms with E-state index in [1.807, 2.05) is 12.1 Å². The topological polar surface area (TPSA) is 57.7 Å². The average Bonchev–Trinajstić information content (AvgIpc) is 2.75. The maximum absolute atomic E-state index is 12.8. The molecule has 1 amide bonds. The summed E-state index contributed by atoms with van der Waals surface area (Å²) < 4.78 is 26.0. The SMILES string of the molecule is CN(Cc1ccc(Cl)cc1)C(=O)c1ccc(CN(c2cccc(Cl)c2Cl)S(C)(=O)=O)cc1. The van der Waals surface area contributed by atoms with E-state index in [0.717, 1.165) is 11.8 Å². The Kier molecular flexibility index (Phi) is 7.72. The second-order valence-corrected chi connectivity index (χ2v) is 10.5. The summed E-state index contributed by atoms with van der Waals surface area (Å²) in [4.78, 5) is 14.4. The van der Waals surface area contributed by atoms with E-state index in [0.29, 0.717) is 28.4 Å². The molecule has 0 heterocycles. The summed E-state index contributed by atoms with van der Waals surface area (Å²) in [5.74, 6) is -0.149. The molecule has 0 saturated heterocycles. The van der Waals surface area contributed by atoms with Crippen LogP contribution in [0.15, 0.2) is 66.7 Å². The van der Waals surface area contributed by atoms with Gasteiger partial charge < -0.3 is 4.90 Å². The van der Waals surface area contributed by atoms with Crippen molar-refractivity contribution in [2.45, 2.75) is 13.1 Å². The quantitative estimate of drug-likeness (QED) is 0.398. The van der Waals surface area contributed by atoms with E-state index in [-0.39, 0.29) is 22.5 Å². The Bertz CT molecular complexity index is 1210. The number of anilines is 1. The van der Waals surface area contributed by atoms with Crippen molar-refractivity contribution in [2.24, 2.45) is 0 Å². The molecule has 0 aliphatic heterocycles. The minimum absolute atomic E-state index is 0.0496. The van der Waals surface area contributed by atoms with Crippen LogP contribution in [-0.2, 0) is 23.1 Å². The first-order valence-electron chi connectivity index (χ1n) is 9.57. The van der Waals surface area contributed by atoms with Crippen molar-refractivity contribution in [3.63, 3.8) is 0 Å². The first-order chi connectivity index (χ1) is 15.1. The maximum atomic E-state index is 12.8. The van der Waals surface area contributed by atoms with Crippen LogP contribution in [0.1, 0.15) is 21.5 Å². The molecular weight excluding hydrogens is 491 g/mol. The summed E-state index contributed by atoms with van der Waals surface area (Å²) >= 11 is 18.2. The fourth-order valence-corrected chi connectivity index (χ4v) is 4.61. The minimum atomic E-state index is -3.63. The molecule has 0 atom stereocenters. The average molecular weight is 512 g/mol. The molecule has 0 radical (unpaired) electrons. The van der Waals surface area contributed by atoms with Crippen molar-refractivity contribution in [1.29, 1.82) is 0 Å². The molecule has 0 aliphatic rings. The highest BCUT2D eigenvalue weighted by Gasteiger charge is 2.22. The van der Waals surface area contributed by atoms with Gasteiger partial charge in [0.2, 0.25) is 10.0 Å². The lowest BCUT2D eigenvalue weighted by Gasteiger charge is -2.24. The van der Waals surface area contributed by atoms with E-state index in [9.17, 15) is 13.2 Å². The highest BCUT2D eigenvalue weighted by atomic mass is 35.5. The van der Waals surface area contributed by atoms with Crippen LogP contribution in [0.2, 0.25) is 15.1 Å². The Morgan fingerprint density at radius 1 is 0.844 bits per heavy atom. The van der Waals surface area contributed by atoms with Crippen LogP contribution in [0, 0.1) is 0 Å². The van der Waals surface area contributed by atoms with E-state index in [2.05, 4.69) is 0 Å². The van der Waals surface area contributed by atoms with E-state index < -0.39 is 10.0 Å². The molecule has 32 heavy (non-hydrogen) atoms. The van der Waals surface area contributed by atoms with Gasteiger partial charge in [0.15, 0.2) is 0 Å². The molecule has 3 rings (SSSR count). The lowest BCUT2D eigenvalue weighted by atomic mass is 10.1. The number of nitrogens with zero attached hydrogens (tertiary/aromatic N) is 2. The number of hydrogen-bond acceptors (Lipinski definition) is 3. The van der Waals surface area contributed by atoms with Crippen molar-refractivity contribution in [1.82, 2.24) is 4.90 Å². The third-order valence-corrected chi connectivity index (χ3v) is 6.99. The van der Waals surface area contributed by atoms with Gasteiger partial charge in [0.25, 0.3) is 5.91 Å². The molecule has 0 saturated carbocycles. The van der Waals surface area contributed by atoms with E-state index in [4.69, 9.17) is 34.8 Å². The summed E-state index contributed by atoms with van der Waals surface area (Å²) in [6, 6.07) is 18.9. The number of rotatable bonds is 7. The fourth-order valence-electron chi connectivity index (χ4n) is 3.14. The Balaban J connectivity index is 1.77. The molecule has 0 bridgehead atoms. The van der Waals surface area contributed by atoms with Gasteiger partial charge in [-0.25, -0.2) is 8.42 Å². The zero-order valence-corrected chi connectivity index (χ0v) is 20.5. The molecule has 9 heteroatoms. The Hall–Kier alpha value is -2.25. The van der Waals surface area contributed by atoms with Crippen molar-refractivity contribution in [2.75, 3.05) is 17.6 Å². The zero-order valence-electron chi connectivity index (χ0n) is 17.4. The number of benzene rings is 3. The molecule has 0 spiro atoms. The first-order valence-corrected chi connectivity index (χ1v) is 12.5. The summed E-state index contributed by atoms with van der Waals surface area (Å²) in [5.41, 5.74) is 2.45. The van der Waals surface area contributed by atoms with Gasteiger partial charge in [0.05, 0.1) is 28.5 Å². The molecular formula is C23H21Cl3N2O3S. The van der Waals surface area contributed by atoms with Crippen molar-refractivity contribution < 1.29 is 13.2 Å². The van der Waals surface area contributed by atoms with Gasteiger partial charge in [-0.05, 0) is 47.5 Å². The van der Waals surface area contributed by atoms with Crippen LogP contribution in [0.4, 0.5) is 5.69 Å². The molecule has 0 aliphatic carbocycles. The Morgan fingerprint density at radius 2 is 1.41 bits per heavy atom. The van der Waals surface area contributed by atoms with Crippen LogP contribution in [0.5, 0.6) is 0 Å². The van der Waals surface area contributed by atoms with Gasteiger partial charge in [-0.15, -0.1) is 0 Å².